The summed E-state index contributed by atoms with van der Waals surface area (Å²) in [6.07, 6.45) is 1.64. The van der Waals surface area contributed by atoms with E-state index < -0.39 is 6.10 Å². The Hall–Kier alpha value is -1.92. The minimum atomic E-state index is -0.471. The molecule has 1 saturated heterocycles. The number of carbonyl (C=O) groups excluding carboxylic acids is 2. The fourth-order valence-electron chi connectivity index (χ4n) is 3.13. The molecule has 0 spiro atoms. The van der Waals surface area contributed by atoms with E-state index in [2.05, 4.69) is 10.6 Å². The lowest BCUT2D eigenvalue weighted by atomic mass is 9.75. The maximum atomic E-state index is 12.0. The van der Waals surface area contributed by atoms with E-state index in [1.807, 2.05) is 24.3 Å². The fourth-order valence-corrected chi connectivity index (χ4v) is 3.13. The highest BCUT2D eigenvalue weighted by molar-refractivity contribution is 5.91. The average molecular weight is 303 g/mol. The number of hydrogen-bond donors (Lipinski definition) is 4. The summed E-state index contributed by atoms with van der Waals surface area (Å²) in [7, 11) is 0. The number of nitrogens with two attached hydrogens (primary N) is 1. The highest BCUT2D eigenvalue weighted by atomic mass is 16.3. The first kappa shape index (κ1) is 15.0. The Kier molecular flexibility index (Phi) is 4.13. The molecule has 2 amide bonds. The Bertz CT molecular complexity index is 582. The van der Waals surface area contributed by atoms with Crippen molar-refractivity contribution in [3.8, 4) is 0 Å². The smallest absolute Gasteiger partial charge is 0.224 e. The molecular weight excluding hydrogens is 282 g/mol. The third-order valence-corrected chi connectivity index (χ3v) is 4.55. The molecular formula is C16H21N3O3. The minimum Gasteiger partial charge on any atom is -0.393 e. The van der Waals surface area contributed by atoms with Crippen molar-refractivity contribution in [2.75, 3.05) is 5.32 Å². The number of carbonyl (C=O) groups is 2. The third kappa shape index (κ3) is 3.13. The van der Waals surface area contributed by atoms with Crippen LogP contribution in [0.25, 0.3) is 0 Å². The molecule has 2 aliphatic rings. The average Bonchev–Trinajstić information content (AvgIpc) is 2.92. The third-order valence-electron chi connectivity index (χ3n) is 4.55. The van der Waals surface area contributed by atoms with Crippen LogP contribution in [-0.4, -0.2) is 29.1 Å². The summed E-state index contributed by atoms with van der Waals surface area (Å²) >= 11 is 0. The molecule has 0 aromatic heterocycles. The molecule has 5 N–H and O–H groups in total. The lowest BCUT2D eigenvalue weighted by molar-refractivity contribution is -0.120. The molecule has 22 heavy (non-hydrogen) atoms. The largest absolute Gasteiger partial charge is 0.393 e. The zero-order chi connectivity index (χ0) is 15.7. The van der Waals surface area contributed by atoms with Crippen molar-refractivity contribution >= 4 is 17.5 Å². The van der Waals surface area contributed by atoms with Gasteiger partial charge in [0.05, 0.1) is 12.1 Å². The van der Waals surface area contributed by atoms with Gasteiger partial charge in [0.25, 0.3) is 0 Å². The van der Waals surface area contributed by atoms with E-state index in [4.69, 9.17) is 5.73 Å². The number of amides is 2. The molecule has 6 heteroatoms. The molecule has 118 valence electrons. The van der Waals surface area contributed by atoms with Crippen molar-refractivity contribution in [1.82, 2.24) is 5.32 Å². The fraction of sp³-hybridized carbons (Fsp3) is 0.500. The lowest BCUT2D eigenvalue weighted by Gasteiger charge is -2.38. The summed E-state index contributed by atoms with van der Waals surface area (Å²) in [4.78, 5) is 23.3. The number of benzene rings is 1. The molecule has 1 aliphatic carbocycles. The van der Waals surface area contributed by atoms with Crippen LogP contribution in [0.15, 0.2) is 24.3 Å². The van der Waals surface area contributed by atoms with Gasteiger partial charge in [0, 0.05) is 30.5 Å². The van der Waals surface area contributed by atoms with E-state index in [0.717, 1.165) is 12.0 Å². The molecule has 1 aromatic rings. The van der Waals surface area contributed by atoms with Crippen LogP contribution >= 0.6 is 0 Å². The first-order chi connectivity index (χ1) is 10.5. The minimum absolute atomic E-state index is 0.0197. The van der Waals surface area contributed by atoms with E-state index in [-0.39, 0.29) is 36.2 Å². The zero-order valence-electron chi connectivity index (χ0n) is 12.3. The van der Waals surface area contributed by atoms with Crippen LogP contribution in [0, 0.1) is 5.92 Å². The second-order valence-corrected chi connectivity index (χ2v) is 6.17. The van der Waals surface area contributed by atoms with Gasteiger partial charge in [0.15, 0.2) is 0 Å². The molecule has 1 aliphatic heterocycles. The summed E-state index contributed by atoms with van der Waals surface area (Å²) in [6.45, 7) is 0. The SMILES string of the molecule is NC1CC(O)C1CC(=O)Nc1cccc(C2CCC(=O)N2)c1. The van der Waals surface area contributed by atoms with Crippen LogP contribution in [0.2, 0.25) is 0 Å². The van der Waals surface area contributed by atoms with Crippen LogP contribution in [0.5, 0.6) is 0 Å². The topological polar surface area (TPSA) is 104 Å². The molecule has 3 rings (SSSR count). The van der Waals surface area contributed by atoms with Crippen molar-refractivity contribution in [3.63, 3.8) is 0 Å². The number of rotatable bonds is 4. The van der Waals surface area contributed by atoms with Crippen molar-refractivity contribution < 1.29 is 14.7 Å². The van der Waals surface area contributed by atoms with Gasteiger partial charge >= 0.3 is 0 Å². The Labute approximate surface area is 129 Å². The van der Waals surface area contributed by atoms with Crippen molar-refractivity contribution in [2.45, 2.75) is 43.9 Å². The van der Waals surface area contributed by atoms with Gasteiger partial charge in [-0.3, -0.25) is 9.59 Å². The van der Waals surface area contributed by atoms with E-state index in [0.29, 0.717) is 18.5 Å². The number of anilines is 1. The standard InChI is InChI=1S/C16H21N3O3/c17-12-8-14(20)11(12)7-16(22)18-10-3-1-2-9(6-10)13-4-5-15(21)19-13/h1-3,6,11-14,20H,4-5,7-8,17H2,(H,18,22)(H,19,21). The van der Waals surface area contributed by atoms with Gasteiger partial charge in [-0.1, -0.05) is 12.1 Å². The van der Waals surface area contributed by atoms with Crippen molar-refractivity contribution in [3.05, 3.63) is 29.8 Å². The number of aliphatic hydroxyl groups excluding tert-OH is 1. The molecule has 1 saturated carbocycles. The van der Waals surface area contributed by atoms with Gasteiger partial charge < -0.3 is 21.5 Å². The summed E-state index contributed by atoms with van der Waals surface area (Å²) in [5, 5.41) is 15.4. The number of nitrogens with one attached hydrogen (secondary N) is 2. The van der Waals surface area contributed by atoms with Gasteiger partial charge in [-0.25, -0.2) is 0 Å². The number of aliphatic hydroxyl groups is 1. The second-order valence-electron chi connectivity index (χ2n) is 6.17. The van der Waals surface area contributed by atoms with Crippen LogP contribution < -0.4 is 16.4 Å². The predicted molar refractivity (Wildman–Crippen MR) is 81.9 cm³/mol. The first-order valence-electron chi connectivity index (χ1n) is 7.66. The predicted octanol–water partition coefficient (Wildman–Crippen LogP) is 0.674. The van der Waals surface area contributed by atoms with Crippen LogP contribution in [-0.2, 0) is 9.59 Å². The van der Waals surface area contributed by atoms with Crippen molar-refractivity contribution in [1.29, 1.82) is 0 Å². The molecule has 0 radical (unpaired) electrons. The Morgan fingerprint density at radius 2 is 2.27 bits per heavy atom. The zero-order valence-corrected chi connectivity index (χ0v) is 12.3. The summed E-state index contributed by atoms with van der Waals surface area (Å²) in [6, 6.07) is 7.42. The van der Waals surface area contributed by atoms with Crippen molar-refractivity contribution in [2.24, 2.45) is 11.7 Å². The molecule has 0 bridgehead atoms. The van der Waals surface area contributed by atoms with Gasteiger partial charge in [0.1, 0.15) is 0 Å². The Morgan fingerprint density at radius 1 is 1.45 bits per heavy atom. The molecule has 1 heterocycles. The Morgan fingerprint density at radius 3 is 2.91 bits per heavy atom. The molecule has 6 nitrogen and oxygen atoms in total. The molecule has 4 unspecified atom stereocenters. The maximum absolute atomic E-state index is 12.0. The van der Waals surface area contributed by atoms with E-state index in [9.17, 15) is 14.7 Å². The van der Waals surface area contributed by atoms with Crippen LogP contribution in [0.3, 0.4) is 0 Å². The normalized spacial score (nSPS) is 30.5. The highest BCUT2D eigenvalue weighted by Crippen LogP contribution is 2.30. The molecule has 2 fully saturated rings. The van der Waals surface area contributed by atoms with Gasteiger partial charge in [-0.05, 0) is 30.5 Å². The number of hydrogen-bond acceptors (Lipinski definition) is 4. The molecule has 4 atom stereocenters. The quantitative estimate of drug-likeness (QED) is 0.656. The monoisotopic (exact) mass is 303 g/mol. The maximum Gasteiger partial charge on any atom is 0.224 e. The summed E-state index contributed by atoms with van der Waals surface area (Å²) in [5.74, 6) is -0.239. The molecule has 1 aromatic carbocycles. The first-order valence-corrected chi connectivity index (χ1v) is 7.66. The Balaban J connectivity index is 1.60. The van der Waals surface area contributed by atoms with Gasteiger partial charge in [0.2, 0.25) is 11.8 Å². The van der Waals surface area contributed by atoms with E-state index in [1.165, 1.54) is 0 Å². The lowest BCUT2D eigenvalue weighted by Crippen LogP contribution is -2.52. The van der Waals surface area contributed by atoms with E-state index >= 15 is 0 Å². The van der Waals surface area contributed by atoms with Crippen LogP contribution in [0.4, 0.5) is 5.69 Å². The highest BCUT2D eigenvalue weighted by Gasteiger charge is 2.38. The summed E-state index contributed by atoms with van der Waals surface area (Å²) in [5.41, 5.74) is 7.48. The second kappa shape index (κ2) is 6.06. The summed E-state index contributed by atoms with van der Waals surface area (Å²) < 4.78 is 0. The van der Waals surface area contributed by atoms with Gasteiger partial charge in [-0.2, -0.15) is 0 Å². The van der Waals surface area contributed by atoms with E-state index in [1.54, 1.807) is 0 Å². The van der Waals surface area contributed by atoms with Crippen LogP contribution in [0.1, 0.15) is 37.3 Å². The van der Waals surface area contributed by atoms with Gasteiger partial charge in [-0.15, -0.1) is 0 Å².